The normalized spacial score (nSPS) is 19.3. The van der Waals surface area contributed by atoms with Gasteiger partial charge in [0.2, 0.25) is 0 Å². The van der Waals surface area contributed by atoms with Crippen LogP contribution in [0.5, 0.6) is 5.75 Å². The van der Waals surface area contributed by atoms with Crippen LogP contribution in [-0.2, 0) is 9.53 Å². The van der Waals surface area contributed by atoms with Crippen molar-refractivity contribution in [3.8, 4) is 5.75 Å². The molecule has 0 radical (unpaired) electrons. The number of phenols is 1. The van der Waals surface area contributed by atoms with Crippen molar-refractivity contribution in [1.29, 1.82) is 0 Å². The lowest BCUT2D eigenvalue weighted by Crippen LogP contribution is -2.26. The summed E-state index contributed by atoms with van der Waals surface area (Å²) < 4.78 is 6.33. The molecule has 1 heterocycles. The number of benzene rings is 1. The van der Waals surface area contributed by atoms with Crippen LogP contribution in [0.4, 0.5) is 5.69 Å². The maximum Gasteiger partial charge on any atom is 0.253 e. The van der Waals surface area contributed by atoms with Crippen molar-refractivity contribution in [3.63, 3.8) is 0 Å². The van der Waals surface area contributed by atoms with E-state index in [1.165, 1.54) is 0 Å². The van der Waals surface area contributed by atoms with Crippen molar-refractivity contribution in [3.05, 3.63) is 21.1 Å². The van der Waals surface area contributed by atoms with Crippen LogP contribution in [0.3, 0.4) is 0 Å². The minimum Gasteiger partial charge on any atom is -0.506 e. The Bertz CT molecular complexity index is 421. The van der Waals surface area contributed by atoms with Crippen molar-refractivity contribution >= 4 is 43.5 Å². The van der Waals surface area contributed by atoms with Gasteiger partial charge in [0.25, 0.3) is 5.91 Å². The highest BCUT2D eigenvalue weighted by Crippen LogP contribution is 2.35. The highest BCUT2D eigenvalue weighted by molar-refractivity contribution is 9.11. The molecule has 2 rings (SSSR count). The lowest BCUT2D eigenvalue weighted by molar-refractivity contribution is -0.124. The summed E-state index contributed by atoms with van der Waals surface area (Å²) in [7, 11) is 0. The van der Waals surface area contributed by atoms with Gasteiger partial charge in [0.15, 0.2) is 0 Å². The number of nitrogens with one attached hydrogen (secondary N) is 1. The zero-order chi connectivity index (χ0) is 12.4. The number of amides is 1. The van der Waals surface area contributed by atoms with Gasteiger partial charge in [-0.05, 0) is 56.8 Å². The number of carbonyl (C=O) groups excluding carboxylic acids is 1. The van der Waals surface area contributed by atoms with Crippen LogP contribution in [-0.4, -0.2) is 23.7 Å². The quantitative estimate of drug-likeness (QED) is 0.793. The molecule has 1 aromatic carbocycles. The molecule has 1 aliphatic heterocycles. The van der Waals surface area contributed by atoms with Gasteiger partial charge in [0.05, 0.1) is 8.95 Å². The second-order valence-electron chi connectivity index (χ2n) is 3.78. The molecule has 0 aliphatic carbocycles. The Morgan fingerprint density at radius 2 is 2.06 bits per heavy atom. The molecule has 1 aliphatic rings. The molecule has 1 atom stereocenters. The molecule has 2 N–H and O–H groups in total. The molecular weight excluding hydrogens is 354 g/mol. The number of ether oxygens (including phenoxy) is 1. The summed E-state index contributed by atoms with van der Waals surface area (Å²) in [6.45, 7) is 0.640. The smallest absolute Gasteiger partial charge is 0.253 e. The fraction of sp³-hybridized carbons (Fsp3) is 0.364. The molecule has 0 saturated carbocycles. The van der Waals surface area contributed by atoms with Crippen LogP contribution in [0.1, 0.15) is 12.8 Å². The van der Waals surface area contributed by atoms with E-state index in [0.717, 1.165) is 12.8 Å². The average Bonchev–Trinajstić information content (AvgIpc) is 2.79. The zero-order valence-electron chi connectivity index (χ0n) is 8.87. The number of hydrogen-bond donors (Lipinski definition) is 2. The number of aromatic hydroxyl groups is 1. The van der Waals surface area contributed by atoms with E-state index in [4.69, 9.17) is 4.74 Å². The predicted molar refractivity (Wildman–Crippen MR) is 71.1 cm³/mol. The van der Waals surface area contributed by atoms with E-state index in [-0.39, 0.29) is 17.8 Å². The Hall–Kier alpha value is -0.590. The molecule has 4 nitrogen and oxygen atoms in total. The fourth-order valence-electron chi connectivity index (χ4n) is 1.64. The van der Waals surface area contributed by atoms with E-state index in [1.54, 1.807) is 12.1 Å². The lowest BCUT2D eigenvalue weighted by atomic mass is 10.2. The summed E-state index contributed by atoms with van der Waals surface area (Å²) in [5.74, 6) is -0.0351. The van der Waals surface area contributed by atoms with Crippen molar-refractivity contribution in [1.82, 2.24) is 0 Å². The largest absolute Gasteiger partial charge is 0.506 e. The maximum atomic E-state index is 11.8. The molecule has 0 spiro atoms. The van der Waals surface area contributed by atoms with Crippen molar-refractivity contribution < 1.29 is 14.6 Å². The van der Waals surface area contributed by atoms with E-state index in [9.17, 15) is 9.90 Å². The topological polar surface area (TPSA) is 58.6 Å². The number of hydrogen-bond acceptors (Lipinski definition) is 3. The average molecular weight is 365 g/mol. The molecule has 92 valence electrons. The first kappa shape index (κ1) is 12.9. The molecular formula is C11H11Br2NO3. The van der Waals surface area contributed by atoms with Crippen LogP contribution in [0.25, 0.3) is 0 Å². The minimum atomic E-state index is -0.360. The molecule has 1 aromatic rings. The molecule has 1 saturated heterocycles. The predicted octanol–water partition coefficient (Wildman–Crippen LogP) is 3.03. The van der Waals surface area contributed by atoms with Crippen molar-refractivity contribution in [2.45, 2.75) is 18.9 Å². The SMILES string of the molecule is O=C(Nc1cc(Br)c(O)c(Br)c1)C1CCCO1. The Morgan fingerprint density at radius 1 is 1.41 bits per heavy atom. The Kier molecular flexibility index (Phi) is 4.06. The third-order valence-electron chi connectivity index (χ3n) is 2.51. The van der Waals surface area contributed by atoms with Gasteiger partial charge in [-0.2, -0.15) is 0 Å². The molecule has 0 bridgehead atoms. The van der Waals surface area contributed by atoms with Crippen LogP contribution in [0, 0.1) is 0 Å². The molecule has 1 amide bonds. The van der Waals surface area contributed by atoms with E-state index in [2.05, 4.69) is 37.2 Å². The second-order valence-corrected chi connectivity index (χ2v) is 5.49. The zero-order valence-corrected chi connectivity index (χ0v) is 12.0. The van der Waals surface area contributed by atoms with Crippen LogP contribution >= 0.6 is 31.9 Å². The van der Waals surface area contributed by atoms with Gasteiger partial charge in [-0.1, -0.05) is 0 Å². The van der Waals surface area contributed by atoms with E-state index in [0.29, 0.717) is 21.2 Å². The summed E-state index contributed by atoms with van der Waals surface area (Å²) in [6, 6.07) is 3.29. The maximum absolute atomic E-state index is 11.8. The summed E-state index contributed by atoms with van der Waals surface area (Å²) in [5.41, 5.74) is 0.613. The monoisotopic (exact) mass is 363 g/mol. The molecule has 0 aromatic heterocycles. The number of rotatable bonds is 2. The standard InChI is InChI=1S/C11H11Br2NO3/c12-7-4-6(5-8(13)10(7)15)14-11(16)9-2-1-3-17-9/h4-5,9,15H,1-3H2,(H,14,16). The first-order valence-electron chi connectivity index (χ1n) is 5.18. The second kappa shape index (κ2) is 5.37. The highest BCUT2D eigenvalue weighted by Gasteiger charge is 2.23. The number of halogens is 2. The van der Waals surface area contributed by atoms with Crippen LogP contribution in [0.2, 0.25) is 0 Å². The number of phenolic OH excluding ortho intramolecular Hbond substituents is 1. The first-order chi connectivity index (χ1) is 8.08. The van der Waals surface area contributed by atoms with Gasteiger partial charge in [-0.25, -0.2) is 0 Å². The fourth-order valence-corrected chi connectivity index (χ4v) is 2.83. The van der Waals surface area contributed by atoms with Crippen molar-refractivity contribution in [2.75, 3.05) is 11.9 Å². The van der Waals surface area contributed by atoms with E-state index >= 15 is 0 Å². The molecule has 6 heteroatoms. The van der Waals surface area contributed by atoms with Crippen LogP contribution < -0.4 is 5.32 Å². The third kappa shape index (κ3) is 3.00. The van der Waals surface area contributed by atoms with E-state index < -0.39 is 0 Å². The summed E-state index contributed by atoms with van der Waals surface area (Å²) >= 11 is 6.42. The van der Waals surface area contributed by atoms with Gasteiger partial charge < -0.3 is 15.2 Å². The molecule has 1 fully saturated rings. The van der Waals surface area contributed by atoms with Crippen molar-refractivity contribution in [2.24, 2.45) is 0 Å². The third-order valence-corrected chi connectivity index (χ3v) is 3.72. The molecule has 1 unspecified atom stereocenters. The lowest BCUT2D eigenvalue weighted by Gasteiger charge is -2.11. The van der Waals surface area contributed by atoms with E-state index in [1.807, 2.05) is 0 Å². The Balaban J connectivity index is 2.10. The summed E-state index contributed by atoms with van der Waals surface area (Å²) in [4.78, 5) is 11.8. The van der Waals surface area contributed by atoms with Gasteiger partial charge >= 0.3 is 0 Å². The van der Waals surface area contributed by atoms with Crippen LogP contribution in [0.15, 0.2) is 21.1 Å². The Labute approximate surface area is 116 Å². The summed E-state index contributed by atoms with van der Waals surface area (Å²) in [5, 5.41) is 12.3. The first-order valence-corrected chi connectivity index (χ1v) is 6.77. The Morgan fingerprint density at radius 3 is 2.59 bits per heavy atom. The number of carbonyl (C=O) groups is 1. The van der Waals surface area contributed by atoms with Gasteiger partial charge in [0, 0.05) is 12.3 Å². The number of anilines is 1. The highest BCUT2D eigenvalue weighted by atomic mass is 79.9. The van der Waals surface area contributed by atoms with Gasteiger partial charge in [0.1, 0.15) is 11.9 Å². The van der Waals surface area contributed by atoms with Gasteiger partial charge in [-0.3, -0.25) is 4.79 Å². The minimum absolute atomic E-state index is 0.111. The van der Waals surface area contributed by atoms with Gasteiger partial charge in [-0.15, -0.1) is 0 Å². The summed E-state index contributed by atoms with van der Waals surface area (Å²) in [6.07, 6.45) is 1.31. The molecule has 17 heavy (non-hydrogen) atoms.